The topological polar surface area (TPSA) is 54.5 Å². The molecule has 0 saturated carbocycles. The van der Waals surface area contributed by atoms with Crippen molar-refractivity contribution in [1.29, 1.82) is 0 Å². The van der Waals surface area contributed by atoms with Crippen molar-refractivity contribution in [2.45, 2.75) is 31.5 Å². The van der Waals surface area contributed by atoms with Gasteiger partial charge in [-0.3, -0.25) is 14.4 Å². The van der Waals surface area contributed by atoms with Gasteiger partial charge < -0.3 is 9.32 Å². The van der Waals surface area contributed by atoms with Crippen LogP contribution in [0.15, 0.2) is 35.2 Å². The molecule has 0 aliphatic carbocycles. The zero-order chi connectivity index (χ0) is 14.4. The molecule has 2 fully saturated rings. The summed E-state index contributed by atoms with van der Waals surface area (Å²) in [5, 5.41) is 4.18. The maximum Gasteiger partial charge on any atom is 0.229 e. The van der Waals surface area contributed by atoms with Crippen LogP contribution in [0.3, 0.4) is 0 Å². The van der Waals surface area contributed by atoms with Crippen LogP contribution in [-0.2, 0) is 18.4 Å². The average Bonchev–Trinajstić information content (AvgIpc) is 3.18. The SMILES string of the molecule is Cn1cc(N2C(=O)CC3C2CCN3Cc2ccco2)cn1. The number of aryl methyl sites for hydroxylation is 1. The van der Waals surface area contributed by atoms with E-state index in [1.165, 1.54) is 0 Å². The highest BCUT2D eigenvalue weighted by Crippen LogP contribution is 2.36. The molecule has 2 atom stereocenters. The van der Waals surface area contributed by atoms with Crippen LogP contribution in [0.1, 0.15) is 18.6 Å². The van der Waals surface area contributed by atoms with E-state index in [0.29, 0.717) is 6.42 Å². The molecule has 0 radical (unpaired) electrons. The second kappa shape index (κ2) is 4.73. The second-order valence-electron chi connectivity index (χ2n) is 5.81. The van der Waals surface area contributed by atoms with Crippen LogP contribution in [0, 0.1) is 0 Å². The van der Waals surface area contributed by atoms with E-state index >= 15 is 0 Å². The standard InChI is InChI=1S/C15H18N4O2/c1-17-9-11(8-16-17)19-13-4-5-18(14(13)7-15(19)20)10-12-3-2-6-21-12/h2-3,6,8-9,13-14H,4-5,7,10H2,1H3. The third-order valence-corrected chi connectivity index (χ3v) is 4.52. The van der Waals surface area contributed by atoms with E-state index in [0.717, 1.165) is 31.0 Å². The number of rotatable bonds is 3. The molecular weight excluding hydrogens is 268 g/mol. The maximum atomic E-state index is 12.4. The number of fused-ring (bicyclic) bond motifs is 1. The summed E-state index contributed by atoms with van der Waals surface area (Å²) in [6, 6.07) is 4.44. The van der Waals surface area contributed by atoms with E-state index in [1.807, 2.05) is 30.3 Å². The highest BCUT2D eigenvalue weighted by molar-refractivity contribution is 5.97. The van der Waals surface area contributed by atoms with Gasteiger partial charge in [-0.2, -0.15) is 5.10 Å². The third kappa shape index (κ3) is 2.06. The highest BCUT2D eigenvalue weighted by Gasteiger charge is 2.47. The van der Waals surface area contributed by atoms with E-state index in [1.54, 1.807) is 17.1 Å². The number of anilines is 1. The van der Waals surface area contributed by atoms with Crippen molar-refractivity contribution >= 4 is 11.6 Å². The first-order valence-corrected chi connectivity index (χ1v) is 7.29. The molecule has 6 nitrogen and oxygen atoms in total. The summed E-state index contributed by atoms with van der Waals surface area (Å²) in [6.07, 6.45) is 6.97. The van der Waals surface area contributed by atoms with E-state index in [9.17, 15) is 4.79 Å². The number of aromatic nitrogens is 2. The number of hydrogen-bond acceptors (Lipinski definition) is 4. The fourth-order valence-electron chi connectivity index (χ4n) is 3.60. The van der Waals surface area contributed by atoms with Gasteiger partial charge in [0.2, 0.25) is 5.91 Å². The minimum atomic E-state index is 0.196. The number of nitrogens with zero attached hydrogens (tertiary/aromatic N) is 4. The summed E-state index contributed by atoms with van der Waals surface area (Å²) < 4.78 is 7.17. The number of furan rings is 1. The Bertz CT molecular complexity index is 648. The Kier molecular flexibility index (Phi) is 2.85. The second-order valence-corrected chi connectivity index (χ2v) is 5.81. The summed E-state index contributed by atoms with van der Waals surface area (Å²) in [6.45, 7) is 1.78. The molecule has 2 saturated heterocycles. The summed E-state index contributed by atoms with van der Waals surface area (Å²) in [4.78, 5) is 16.7. The molecule has 2 aliphatic rings. The zero-order valence-corrected chi connectivity index (χ0v) is 12.0. The summed E-state index contributed by atoms with van der Waals surface area (Å²) in [7, 11) is 1.87. The average molecular weight is 286 g/mol. The molecule has 0 N–H and O–H groups in total. The molecule has 21 heavy (non-hydrogen) atoms. The van der Waals surface area contributed by atoms with E-state index in [4.69, 9.17) is 4.42 Å². The van der Waals surface area contributed by atoms with Crippen LogP contribution in [-0.4, -0.2) is 39.2 Å². The van der Waals surface area contributed by atoms with Crippen molar-refractivity contribution < 1.29 is 9.21 Å². The monoisotopic (exact) mass is 286 g/mol. The van der Waals surface area contributed by atoms with Gasteiger partial charge in [0.1, 0.15) is 5.76 Å². The van der Waals surface area contributed by atoms with Crippen molar-refractivity contribution in [2.75, 3.05) is 11.4 Å². The predicted molar refractivity (Wildman–Crippen MR) is 76.6 cm³/mol. The normalized spacial score (nSPS) is 25.8. The summed E-state index contributed by atoms with van der Waals surface area (Å²) in [5.41, 5.74) is 0.912. The molecule has 2 unspecified atom stereocenters. The van der Waals surface area contributed by atoms with Crippen molar-refractivity contribution in [3.63, 3.8) is 0 Å². The number of hydrogen-bond donors (Lipinski definition) is 0. The Balaban J connectivity index is 1.55. The molecule has 4 heterocycles. The third-order valence-electron chi connectivity index (χ3n) is 4.52. The van der Waals surface area contributed by atoms with Gasteiger partial charge in [0.15, 0.2) is 0 Å². The summed E-state index contributed by atoms with van der Waals surface area (Å²) in [5.74, 6) is 1.16. The Morgan fingerprint density at radius 1 is 1.43 bits per heavy atom. The first-order chi connectivity index (χ1) is 10.2. The van der Waals surface area contributed by atoms with Crippen LogP contribution in [0.25, 0.3) is 0 Å². The largest absolute Gasteiger partial charge is 0.468 e. The lowest BCUT2D eigenvalue weighted by Gasteiger charge is -2.23. The van der Waals surface area contributed by atoms with Crippen molar-refractivity contribution in [3.05, 3.63) is 36.5 Å². The van der Waals surface area contributed by atoms with Gasteiger partial charge in [0, 0.05) is 32.3 Å². The quantitative estimate of drug-likeness (QED) is 0.855. The van der Waals surface area contributed by atoms with Crippen LogP contribution in [0.2, 0.25) is 0 Å². The molecule has 2 aromatic rings. The molecule has 6 heteroatoms. The number of carbonyl (C=O) groups is 1. The molecule has 1 amide bonds. The van der Waals surface area contributed by atoms with Crippen molar-refractivity contribution in [1.82, 2.24) is 14.7 Å². The van der Waals surface area contributed by atoms with Crippen LogP contribution < -0.4 is 4.90 Å². The fourth-order valence-corrected chi connectivity index (χ4v) is 3.60. The Morgan fingerprint density at radius 2 is 2.33 bits per heavy atom. The molecule has 2 aromatic heterocycles. The smallest absolute Gasteiger partial charge is 0.229 e. The first kappa shape index (κ1) is 12.6. The zero-order valence-electron chi connectivity index (χ0n) is 12.0. The lowest BCUT2D eigenvalue weighted by molar-refractivity contribution is -0.117. The van der Waals surface area contributed by atoms with Crippen LogP contribution in [0.4, 0.5) is 5.69 Å². The van der Waals surface area contributed by atoms with Gasteiger partial charge in [-0.1, -0.05) is 0 Å². The van der Waals surface area contributed by atoms with Gasteiger partial charge in [0.05, 0.1) is 30.7 Å². The molecule has 4 rings (SSSR count). The Hall–Kier alpha value is -2.08. The molecule has 2 aliphatic heterocycles. The minimum Gasteiger partial charge on any atom is -0.468 e. The number of likely N-dealkylation sites (tertiary alicyclic amines) is 1. The van der Waals surface area contributed by atoms with E-state index in [2.05, 4.69) is 10.00 Å². The van der Waals surface area contributed by atoms with E-state index < -0.39 is 0 Å². The predicted octanol–water partition coefficient (Wildman–Crippen LogP) is 1.39. The van der Waals surface area contributed by atoms with Gasteiger partial charge in [-0.15, -0.1) is 0 Å². The fraction of sp³-hybridized carbons (Fsp3) is 0.467. The number of amides is 1. The molecule has 0 aromatic carbocycles. The molecular formula is C15H18N4O2. The number of carbonyl (C=O) groups excluding carboxylic acids is 1. The van der Waals surface area contributed by atoms with Crippen LogP contribution >= 0.6 is 0 Å². The highest BCUT2D eigenvalue weighted by atomic mass is 16.3. The lowest BCUT2D eigenvalue weighted by atomic mass is 10.1. The van der Waals surface area contributed by atoms with Gasteiger partial charge in [0.25, 0.3) is 0 Å². The molecule has 0 spiro atoms. The van der Waals surface area contributed by atoms with Gasteiger partial charge in [-0.25, -0.2) is 0 Å². The summed E-state index contributed by atoms with van der Waals surface area (Å²) >= 11 is 0. The lowest BCUT2D eigenvalue weighted by Crippen LogP contribution is -2.37. The van der Waals surface area contributed by atoms with Crippen LogP contribution in [0.5, 0.6) is 0 Å². The van der Waals surface area contributed by atoms with Crippen molar-refractivity contribution in [3.8, 4) is 0 Å². The minimum absolute atomic E-state index is 0.196. The Labute approximate surface area is 122 Å². The van der Waals surface area contributed by atoms with E-state index in [-0.39, 0.29) is 18.0 Å². The Morgan fingerprint density at radius 3 is 3.05 bits per heavy atom. The van der Waals surface area contributed by atoms with Gasteiger partial charge in [-0.05, 0) is 18.6 Å². The first-order valence-electron chi connectivity index (χ1n) is 7.29. The molecule has 110 valence electrons. The van der Waals surface area contributed by atoms with Gasteiger partial charge >= 0.3 is 0 Å². The maximum absolute atomic E-state index is 12.4. The van der Waals surface area contributed by atoms with Crippen molar-refractivity contribution in [2.24, 2.45) is 7.05 Å². The molecule has 0 bridgehead atoms.